The van der Waals surface area contributed by atoms with Crippen molar-refractivity contribution in [3.05, 3.63) is 0 Å². The topological polar surface area (TPSA) is 67.6 Å². The molecule has 2 fully saturated rings. The molecule has 0 spiro atoms. The van der Waals surface area contributed by atoms with E-state index in [1.165, 1.54) is 6.42 Å². The summed E-state index contributed by atoms with van der Waals surface area (Å²) >= 11 is 0. The Balaban J connectivity index is 2.02. The Morgan fingerprint density at radius 1 is 1.39 bits per heavy atom. The Kier molecular flexibility index (Phi) is 3.94. The number of hydrogen-bond acceptors (Lipinski definition) is 4. The molecule has 0 aromatic carbocycles. The number of nitrogens with one attached hydrogen (secondary N) is 1. The van der Waals surface area contributed by atoms with Crippen LogP contribution < -0.4 is 11.2 Å². The van der Waals surface area contributed by atoms with E-state index in [4.69, 9.17) is 10.5 Å². The van der Waals surface area contributed by atoms with Crippen LogP contribution in [0.2, 0.25) is 0 Å². The van der Waals surface area contributed by atoms with Crippen LogP contribution >= 0.6 is 0 Å². The van der Waals surface area contributed by atoms with Crippen LogP contribution in [0.25, 0.3) is 0 Å². The highest BCUT2D eigenvalue weighted by atomic mass is 16.5. The van der Waals surface area contributed by atoms with E-state index in [9.17, 15) is 4.79 Å². The van der Waals surface area contributed by atoms with Crippen molar-refractivity contribution in [1.29, 1.82) is 0 Å². The third-order valence-corrected chi connectivity index (χ3v) is 4.46. The summed E-state index contributed by atoms with van der Waals surface area (Å²) in [6.07, 6.45) is 3.49. The first kappa shape index (κ1) is 13.8. The summed E-state index contributed by atoms with van der Waals surface area (Å²) in [5.41, 5.74) is 8.45. The Labute approximate surface area is 109 Å². The number of nitrogens with zero attached hydrogens (tertiary/aromatic N) is 1. The number of ether oxygens (including phenoxy) is 1. The minimum atomic E-state index is -0.600. The zero-order chi connectivity index (χ0) is 13.3. The summed E-state index contributed by atoms with van der Waals surface area (Å²) < 4.78 is 5.33. The van der Waals surface area contributed by atoms with Gasteiger partial charge in [0.1, 0.15) is 0 Å². The average molecular weight is 255 g/mol. The molecule has 18 heavy (non-hydrogen) atoms. The Morgan fingerprint density at radius 3 is 2.50 bits per heavy atom. The molecule has 3 N–H and O–H groups in total. The minimum Gasteiger partial charge on any atom is -0.379 e. The summed E-state index contributed by atoms with van der Waals surface area (Å²) in [7, 11) is 0. The molecule has 0 aliphatic carbocycles. The fourth-order valence-corrected chi connectivity index (χ4v) is 2.81. The second kappa shape index (κ2) is 5.15. The monoisotopic (exact) mass is 255 g/mol. The van der Waals surface area contributed by atoms with Gasteiger partial charge in [-0.25, -0.2) is 5.01 Å². The van der Waals surface area contributed by atoms with Crippen molar-refractivity contribution in [3.63, 3.8) is 0 Å². The highest BCUT2D eigenvalue weighted by Crippen LogP contribution is 2.28. The zero-order valence-corrected chi connectivity index (χ0v) is 11.6. The van der Waals surface area contributed by atoms with Crippen molar-refractivity contribution in [2.45, 2.75) is 58.2 Å². The molecule has 1 amide bonds. The van der Waals surface area contributed by atoms with Gasteiger partial charge in [-0.05, 0) is 33.6 Å². The van der Waals surface area contributed by atoms with Crippen molar-refractivity contribution in [1.82, 2.24) is 10.4 Å². The molecule has 2 saturated heterocycles. The standard InChI is InChI=1S/C13H25N3O2/c1-9-5-4-6-10(2)16(9)15-12(17)13(3)8-18-7-11(13)14/h9-11H,4-8,14H2,1-3H3,(H,15,17). The molecule has 4 atom stereocenters. The van der Waals surface area contributed by atoms with Crippen molar-refractivity contribution < 1.29 is 9.53 Å². The molecular formula is C13H25N3O2. The number of carbonyl (C=O) groups excluding carboxylic acids is 1. The molecule has 0 radical (unpaired) electrons. The van der Waals surface area contributed by atoms with E-state index in [-0.39, 0.29) is 11.9 Å². The fourth-order valence-electron chi connectivity index (χ4n) is 2.81. The Morgan fingerprint density at radius 2 is 2.00 bits per heavy atom. The lowest BCUT2D eigenvalue weighted by Gasteiger charge is -2.40. The second-order valence-electron chi connectivity index (χ2n) is 6.02. The maximum atomic E-state index is 12.4. The molecule has 0 bridgehead atoms. The predicted molar refractivity (Wildman–Crippen MR) is 69.7 cm³/mol. The number of rotatable bonds is 2. The van der Waals surface area contributed by atoms with E-state index >= 15 is 0 Å². The molecule has 0 saturated carbocycles. The van der Waals surface area contributed by atoms with E-state index in [0.29, 0.717) is 25.3 Å². The van der Waals surface area contributed by atoms with E-state index < -0.39 is 5.41 Å². The minimum absolute atomic E-state index is 0.00639. The largest absolute Gasteiger partial charge is 0.379 e. The van der Waals surface area contributed by atoms with Crippen LogP contribution in [0.15, 0.2) is 0 Å². The van der Waals surface area contributed by atoms with Crippen LogP contribution in [0.4, 0.5) is 0 Å². The van der Waals surface area contributed by atoms with E-state index in [1.807, 2.05) is 6.92 Å². The molecule has 5 heteroatoms. The smallest absolute Gasteiger partial charge is 0.244 e. The van der Waals surface area contributed by atoms with Gasteiger partial charge in [-0.2, -0.15) is 0 Å². The van der Waals surface area contributed by atoms with E-state index in [1.54, 1.807) is 0 Å². The van der Waals surface area contributed by atoms with Crippen LogP contribution in [0.1, 0.15) is 40.0 Å². The summed E-state index contributed by atoms with van der Waals surface area (Å²) in [6, 6.07) is 0.563. The third kappa shape index (κ3) is 2.39. The number of nitrogens with two attached hydrogens (primary N) is 1. The fraction of sp³-hybridized carbons (Fsp3) is 0.923. The van der Waals surface area contributed by atoms with E-state index in [2.05, 4.69) is 24.3 Å². The molecule has 0 aromatic rings. The second-order valence-corrected chi connectivity index (χ2v) is 6.02. The lowest BCUT2D eigenvalue weighted by molar-refractivity contribution is -0.139. The van der Waals surface area contributed by atoms with Crippen LogP contribution in [-0.2, 0) is 9.53 Å². The first-order valence-corrected chi connectivity index (χ1v) is 6.88. The number of hydrogen-bond donors (Lipinski definition) is 2. The Hall–Kier alpha value is -0.650. The van der Waals surface area contributed by atoms with Gasteiger partial charge in [0.15, 0.2) is 0 Å². The van der Waals surface area contributed by atoms with Crippen molar-refractivity contribution in [3.8, 4) is 0 Å². The van der Waals surface area contributed by atoms with Crippen molar-refractivity contribution in [2.24, 2.45) is 11.1 Å². The van der Waals surface area contributed by atoms with Crippen molar-refractivity contribution in [2.75, 3.05) is 13.2 Å². The highest BCUT2D eigenvalue weighted by molar-refractivity contribution is 5.83. The predicted octanol–water partition coefficient (Wildman–Crippen LogP) is 0.644. The van der Waals surface area contributed by atoms with Crippen LogP contribution in [0.3, 0.4) is 0 Å². The third-order valence-electron chi connectivity index (χ3n) is 4.46. The molecule has 5 nitrogen and oxygen atoms in total. The normalized spacial score (nSPS) is 41.9. The van der Waals surface area contributed by atoms with Crippen LogP contribution in [-0.4, -0.2) is 42.3 Å². The van der Waals surface area contributed by atoms with Crippen LogP contribution in [0, 0.1) is 5.41 Å². The first-order valence-electron chi connectivity index (χ1n) is 6.88. The summed E-state index contributed by atoms with van der Waals surface area (Å²) in [6.45, 7) is 7.08. The number of hydrazine groups is 1. The highest BCUT2D eigenvalue weighted by Gasteiger charge is 2.45. The maximum Gasteiger partial charge on any atom is 0.244 e. The van der Waals surface area contributed by atoms with Gasteiger partial charge in [0.05, 0.1) is 18.6 Å². The molecular weight excluding hydrogens is 230 g/mol. The maximum absolute atomic E-state index is 12.4. The van der Waals surface area contributed by atoms with Gasteiger partial charge in [0.25, 0.3) is 0 Å². The number of carbonyl (C=O) groups is 1. The summed E-state index contributed by atoms with van der Waals surface area (Å²) in [4.78, 5) is 12.4. The quantitative estimate of drug-likeness (QED) is 0.760. The molecule has 2 heterocycles. The molecule has 2 rings (SSSR count). The zero-order valence-electron chi connectivity index (χ0n) is 11.6. The van der Waals surface area contributed by atoms with Gasteiger partial charge in [-0.3, -0.25) is 10.2 Å². The molecule has 0 aromatic heterocycles. The lowest BCUT2D eigenvalue weighted by atomic mass is 9.85. The Bertz CT molecular complexity index is 313. The number of amides is 1. The summed E-state index contributed by atoms with van der Waals surface area (Å²) in [5, 5.41) is 2.09. The SMILES string of the molecule is CC1CCCC(C)N1NC(=O)C1(C)COCC1N. The van der Waals surface area contributed by atoms with Gasteiger partial charge in [-0.1, -0.05) is 6.42 Å². The average Bonchev–Trinajstić information content (AvgIpc) is 2.66. The lowest BCUT2D eigenvalue weighted by Crippen LogP contribution is -2.59. The van der Waals surface area contributed by atoms with Crippen molar-refractivity contribution >= 4 is 5.91 Å². The van der Waals surface area contributed by atoms with E-state index in [0.717, 1.165) is 12.8 Å². The van der Waals surface area contributed by atoms with Gasteiger partial charge < -0.3 is 10.5 Å². The van der Waals surface area contributed by atoms with Gasteiger partial charge >= 0.3 is 0 Å². The molecule has 2 aliphatic rings. The molecule has 2 aliphatic heterocycles. The van der Waals surface area contributed by atoms with Crippen LogP contribution in [0.5, 0.6) is 0 Å². The van der Waals surface area contributed by atoms with Gasteiger partial charge in [0.2, 0.25) is 5.91 Å². The first-order chi connectivity index (χ1) is 8.45. The van der Waals surface area contributed by atoms with Gasteiger partial charge in [-0.15, -0.1) is 0 Å². The summed E-state index contributed by atoms with van der Waals surface area (Å²) in [5.74, 6) is -0.00639. The van der Waals surface area contributed by atoms with Gasteiger partial charge in [0, 0.05) is 18.1 Å². The molecule has 4 unspecified atom stereocenters. The number of piperidine rings is 1. The molecule has 104 valence electrons.